The van der Waals surface area contributed by atoms with E-state index < -0.39 is 0 Å². The van der Waals surface area contributed by atoms with E-state index in [-0.39, 0.29) is 0 Å². The fourth-order valence-corrected chi connectivity index (χ4v) is 10.1. The van der Waals surface area contributed by atoms with E-state index >= 15 is 0 Å². The summed E-state index contributed by atoms with van der Waals surface area (Å²) in [7, 11) is 0. The molecule has 5 heteroatoms. The molecule has 0 radical (unpaired) electrons. The average Bonchev–Trinajstić information content (AvgIpc) is 3.69. The Labute approximate surface area is 358 Å². The van der Waals surface area contributed by atoms with Crippen molar-refractivity contribution in [1.82, 2.24) is 14.5 Å². The molecule has 0 unspecified atom stereocenters. The Hall–Kier alpha value is -7.73. The number of hydrogen-bond acceptors (Lipinski definition) is 4. The van der Waals surface area contributed by atoms with Gasteiger partial charge in [0.15, 0.2) is 5.82 Å². The number of hydrogen-bond donors (Lipinski definition) is 0. The zero-order valence-corrected chi connectivity index (χ0v) is 33.8. The summed E-state index contributed by atoms with van der Waals surface area (Å²) in [5.41, 5.74) is 13.3. The zero-order chi connectivity index (χ0) is 40.3. The molecule has 1 aliphatic rings. The van der Waals surface area contributed by atoms with E-state index in [1.165, 1.54) is 65.0 Å². The molecular formula is C56H36N4S. The van der Waals surface area contributed by atoms with Gasteiger partial charge in [-0.2, -0.15) is 0 Å². The van der Waals surface area contributed by atoms with Crippen LogP contribution in [0, 0.1) is 0 Å². The minimum atomic E-state index is 0.683. The lowest BCUT2D eigenvalue weighted by Gasteiger charge is -2.33. The number of aromatic nitrogens is 3. The summed E-state index contributed by atoms with van der Waals surface area (Å²) in [6.45, 7) is 0. The van der Waals surface area contributed by atoms with Crippen molar-refractivity contribution in [3.8, 4) is 50.7 Å². The van der Waals surface area contributed by atoms with Crippen LogP contribution in [0.2, 0.25) is 0 Å². The third-order valence-electron chi connectivity index (χ3n) is 11.8. The Morgan fingerprint density at radius 3 is 1.85 bits per heavy atom. The van der Waals surface area contributed by atoms with Crippen LogP contribution in [-0.4, -0.2) is 14.5 Å². The van der Waals surface area contributed by atoms with Crippen LogP contribution in [0.5, 0.6) is 0 Å². The molecule has 0 amide bonds. The molecular weight excluding hydrogens is 761 g/mol. The predicted octanol–water partition coefficient (Wildman–Crippen LogP) is 15.3. The van der Waals surface area contributed by atoms with Crippen LogP contribution in [0.15, 0.2) is 228 Å². The molecule has 12 rings (SSSR count). The first-order valence-corrected chi connectivity index (χ1v) is 21.4. The average molecular weight is 797 g/mol. The van der Waals surface area contributed by atoms with Gasteiger partial charge in [-0.15, -0.1) is 0 Å². The van der Waals surface area contributed by atoms with Crippen LogP contribution in [0.3, 0.4) is 0 Å². The first-order valence-electron chi connectivity index (χ1n) is 20.6. The van der Waals surface area contributed by atoms with Gasteiger partial charge >= 0.3 is 0 Å². The number of nitrogens with zero attached hydrogens (tertiary/aromatic N) is 4. The quantitative estimate of drug-likeness (QED) is 0.168. The molecule has 0 spiro atoms. The highest BCUT2D eigenvalue weighted by Crippen LogP contribution is 2.53. The summed E-state index contributed by atoms with van der Waals surface area (Å²) in [6, 6.07) is 77.9. The Balaban J connectivity index is 1.08. The van der Waals surface area contributed by atoms with Gasteiger partial charge < -0.3 is 4.90 Å². The van der Waals surface area contributed by atoms with Crippen LogP contribution < -0.4 is 4.90 Å². The molecule has 1 aliphatic heterocycles. The third kappa shape index (κ3) is 6.01. The second-order valence-corrected chi connectivity index (χ2v) is 16.5. The lowest BCUT2D eigenvalue weighted by Crippen LogP contribution is -2.14. The fraction of sp³-hybridized carbons (Fsp3) is 0. The number of para-hydroxylation sites is 2. The zero-order valence-electron chi connectivity index (χ0n) is 33.0. The summed E-state index contributed by atoms with van der Waals surface area (Å²) >= 11 is 1.84. The van der Waals surface area contributed by atoms with Gasteiger partial charge in [0.05, 0.1) is 28.1 Å². The number of rotatable bonds is 6. The highest BCUT2D eigenvalue weighted by molar-refractivity contribution is 7.99. The Morgan fingerprint density at radius 1 is 0.393 bits per heavy atom. The van der Waals surface area contributed by atoms with E-state index in [2.05, 4.69) is 210 Å². The van der Waals surface area contributed by atoms with Crippen LogP contribution >= 0.6 is 11.8 Å². The molecule has 0 N–H and O–H groups in total. The van der Waals surface area contributed by atoms with Gasteiger partial charge in [0.2, 0.25) is 0 Å². The minimum Gasteiger partial charge on any atom is -0.308 e. The van der Waals surface area contributed by atoms with Gasteiger partial charge in [-0.3, -0.25) is 4.57 Å². The van der Waals surface area contributed by atoms with Crippen molar-refractivity contribution in [3.63, 3.8) is 0 Å². The van der Waals surface area contributed by atoms with Crippen LogP contribution in [-0.2, 0) is 0 Å². The maximum absolute atomic E-state index is 5.38. The largest absolute Gasteiger partial charge is 0.308 e. The fourth-order valence-electron chi connectivity index (χ4n) is 8.97. The molecule has 2 aromatic heterocycles. The van der Waals surface area contributed by atoms with Crippen molar-refractivity contribution in [3.05, 3.63) is 218 Å². The normalized spacial score (nSPS) is 12.2. The summed E-state index contributed by atoms with van der Waals surface area (Å²) in [6.07, 6.45) is 0. The van der Waals surface area contributed by atoms with E-state index in [9.17, 15) is 0 Å². The molecule has 0 aliphatic carbocycles. The van der Waals surface area contributed by atoms with E-state index in [4.69, 9.17) is 9.97 Å². The lowest BCUT2D eigenvalue weighted by atomic mass is 9.96. The summed E-state index contributed by atoms with van der Waals surface area (Å²) in [4.78, 5) is 15.4. The predicted molar refractivity (Wildman–Crippen MR) is 254 cm³/mol. The van der Waals surface area contributed by atoms with E-state index in [1.807, 2.05) is 30.0 Å². The maximum atomic E-state index is 5.38. The van der Waals surface area contributed by atoms with Gasteiger partial charge in [0.25, 0.3) is 0 Å². The molecule has 286 valence electrons. The highest BCUT2D eigenvalue weighted by atomic mass is 32.2. The maximum Gasteiger partial charge on any atom is 0.162 e. The highest BCUT2D eigenvalue weighted by Gasteiger charge is 2.26. The SMILES string of the molecule is c1ccc(-c2ccc(-c3cc(-n4c5cccc(-c6ccc7c(c6)Sc6ccccc6N7c6ccccc6)c5c5c6ccccc6ccc54)nc(-c4ccccc4)n3)cc2)cc1. The lowest BCUT2D eigenvalue weighted by molar-refractivity contribution is 1.05. The molecule has 0 saturated carbocycles. The van der Waals surface area contributed by atoms with Crippen molar-refractivity contribution in [2.75, 3.05) is 4.90 Å². The summed E-state index contributed by atoms with van der Waals surface area (Å²) in [5, 5.41) is 4.82. The molecule has 0 fully saturated rings. The van der Waals surface area contributed by atoms with Gasteiger partial charge in [0, 0.05) is 43.4 Å². The van der Waals surface area contributed by atoms with E-state index in [0.29, 0.717) is 5.82 Å². The van der Waals surface area contributed by atoms with Crippen LogP contribution in [0.1, 0.15) is 0 Å². The van der Waals surface area contributed by atoms with Gasteiger partial charge in [-0.1, -0.05) is 176 Å². The van der Waals surface area contributed by atoms with E-state index in [1.54, 1.807) is 0 Å². The Kier molecular flexibility index (Phi) is 8.39. The van der Waals surface area contributed by atoms with Crippen LogP contribution in [0.25, 0.3) is 83.3 Å². The first-order chi connectivity index (χ1) is 30.2. The number of benzene rings is 9. The number of anilines is 3. The number of fused-ring (bicyclic) bond motifs is 7. The van der Waals surface area contributed by atoms with Crippen molar-refractivity contribution in [2.45, 2.75) is 9.79 Å². The standard InChI is InChI=1S/C56H36N4S/c1-4-15-37(16-5-1)38-27-29-40(30-28-38)46-36-53(58-56(57-46)41-18-6-2-7-19-41)60-49-25-14-23-45(55(49)54-44-22-11-10-17-39(44)31-34-50(54)60)42-32-33-48-52(35-42)61-51-26-13-12-24-47(51)59(48)43-20-8-3-9-21-43/h1-36H. The molecule has 3 heterocycles. The molecule has 0 bridgehead atoms. The van der Waals surface area contributed by atoms with Gasteiger partial charge in [-0.05, 0) is 81.6 Å². The Bertz CT molecular complexity index is 3430. The monoisotopic (exact) mass is 796 g/mol. The van der Waals surface area contributed by atoms with E-state index in [0.717, 1.165) is 39.4 Å². The molecule has 0 atom stereocenters. The second kappa shape index (κ2) is 14.5. The molecule has 0 saturated heterocycles. The van der Waals surface area contributed by atoms with Crippen molar-refractivity contribution < 1.29 is 0 Å². The summed E-state index contributed by atoms with van der Waals surface area (Å²) < 4.78 is 2.34. The van der Waals surface area contributed by atoms with Gasteiger partial charge in [-0.25, -0.2) is 9.97 Å². The first kappa shape index (κ1) is 35.2. The van der Waals surface area contributed by atoms with Crippen molar-refractivity contribution >= 4 is 61.4 Å². The third-order valence-corrected chi connectivity index (χ3v) is 12.9. The minimum absolute atomic E-state index is 0.683. The molecule has 9 aromatic carbocycles. The van der Waals surface area contributed by atoms with Crippen LogP contribution in [0.4, 0.5) is 17.1 Å². The summed E-state index contributed by atoms with van der Waals surface area (Å²) in [5.74, 6) is 1.50. The molecule has 4 nitrogen and oxygen atoms in total. The topological polar surface area (TPSA) is 34.0 Å². The van der Waals surface area contributed by atoms with Crippen molar-refractivity contribution in [2.24, 2.45) is 0 Å². The van der Waals surface area contributed by atoms with Gasteiger partial charge in [0.1, 0.15) is 5.82 Å². The smallest absolute Gasteiger partial charge is 0.162 e. The Morgan fingerprint density at radius 2 is 1.03 bits per heavy atom. The molecule has 61 heavy (non-hydrogen) atoms. The second-order valence-electron chi connectivity index (χ2n) is 15.4. The molecule has 11 aromatic rings. The van der Waals surface area contributed by atoms with Crippen molar-refractivity contribution in [1.29, 1.82) is 0 Å².